The minimum atomic E-state index is -3.67. The van der Waals surface area contributed by atoms with Crippen LogP contribution in [0.25, 0.3) is 0 Å². The molecule has 0 atom stereocenters. The molecule has 2 aromatic rings. The number of ketones is 1. The molecule has 0 spiro atoms. The largest absolute Gasteiger partial charge is 0.496 e. The second kappa shape index (κ2) is 8.52. The highest BCUT2D eigenvalue weighted by atomic mass is 32.2. The Bertz CT molecular complexity index is 1070. The molecule has 0 aliphatic carbocycles. The summed E-state index contributed by atoms with van der Waals surface area (Å²) >= 11 is 0. The highest BCUT2D eigenvalue weighted by molar-refractivity contribution is 7.92. The number of piperidine rings is 1. The lowest BCUT2D eigenvalue weighted by Crippen LogP contribution is -2.46. The number of halogens is 1. The molecule has 162 valence electrons. The number of aromatic nitrogens is 2. The number of benzene rings is 1. The molecular weight excluding hydrogens is 413 g/mol. The highest BCUT2D eigenvalue weighted by Crippen LogP contribution is 2.28. The van der Waals surface area contributed by atoms with Gasteiger partial charge in [-0.3, -0.25) is 4.79 Å². The monoisotopic (exact) mass is 437 g/mol. The number of nitrogens with zero attached hydrogens (tertiary/aromatic N) is 3. The summed E-state index contributed by atoms with van der Waals surface area (Å²) in [5, 5.41) is 3.17. The topological polar surface area (TPSA) is 128 Å². The Morgan fingerprint density at radius 2 is 1.97 bits per heavy atom. The Labute approximate surface area is 174 Å². The van der Waals surface area contributed by atoms with Crippen LogP contribution < -0.4 is 20.1 Å². The molecule has 2 heterocycles. The van der Waals surface area contributed by atoms with Crippen LogP contribution in [-0.2, 0) is 10.0 Å². The number of aryl methyl sites for hydroxylation is 1. The molecule has 3 rings (SSSR count). The van der Waals surface area contributed by atoms with Crippen LogP contribution in [0.3, 0.4) is 0 Å². The second-order valence-corrected chi connectivity index (χ2v) is 9.00. The van der Waals surface area contributed by atoms with E-state index >= 15 is 0 Å². The fourth-order valence-electron chi connectivity index (χ4n) is 3.44. The normalized spacial score (nSPS) is 15.1. The summed E-state index contributed by atoms with van der Waals surface area (Å²) in [6.45, 7) is 2.89. The van der Waals surface area contributed by atoms with Gasteiger partial charge in [-0.15, -0.1) is 0 Å². The standard InChI is InChI=1S/C19H24FN5O4S/c1-11-8-16(29-2)13(9-15(11)20)17(26)14-10-23-19(24-18(14)21)25(30(3,27)28)12-4-6-22-7-5-12/h8-10,12,22H,4-7H2,1-3H3,(H2,21,23,24). The summed E-state index contributed by atoms with van der Waals surface area (Å²) in [4.78, 5) is 21.1. The minimum Gasteiger partial charge on any atom is -0.496 e. The molecule has 0 radical (unpaired) electrons. The number of hydrogen-bond acceptors (Lipinski definition) is 8. The molecule has 1 aromatic heterocycles. The van der Waals surface area contributed by atoms with Crippen LogP contribution in [0.5, 0.6) is 5.75 Å². The van der Waals surface area contributed by atoms with Gasteiger partial charge in [0.1, 0.15) is 17.4 Å². The van der Waals surface area contributed by atoms with Crippen LogP contribution in [0.1, 0.15) is 34.3 Å². The number of nitrogens with one attached hydrogen (secondary N) is 1. The number of nitrogens with two attached hydrogens (primary N) is 1. The molecule has 0 unspecified atom stereocenters. The summed E-state index contributed by atoms with van der Waals surface area (Å²) in [5.74, 6) is -1.29. The van der Waals surface area contributed by atoms with Crippen LogP contribution in [0.15, 0.2) is 18.3 Å². The lowest BCUT2D eigenvalue weighted by Gasteiger charge is -2.32. The maximum absolute atomic E-state index is 14.0. The second-order valence-electron chi connectivity index (χ2n) is 7.14. The van der Waals surface area contributed by atoms with E-state index in [-0.39, 0.29) is 34.7 Å². The average molecular weight is 437 g/mol. The zero-order valence-electron chi connectivity index (χ0n) is 17.0. The Morgan fingerprint density at radius 1 is 1.30 bits per heavy atom. The van der Waals surface area contributed by atoms with Crippen molar-refractivity contribution >= 4 is 27.6 Å². The van der Waals surface area contributed by atoms with Gasteiger partial charge >= 0.3 is 0 Å². The number of nitrogen functional groups attached to an aromatic ring is 1. The summed E-state index contributed by atoms with van der Waals surface area (Å²) < 4.78 is 45.2. The number of rotatable bonds is 6. The van der Waals surface area contributed by atoms with E-state index in [2.05, 4.69) is 15.3 Å². The smallest absolute Gasteiger partial charge is 0.241 e. The van der Waals surface area contributed by atoms with Crippen molar-refractivity contribution in [3.63, 3.8) is 0 Å². The number of ether oxygens (including phenoxy) is 1. The molecule has 9 nitrogen and oxygen atoms in total. The van der Waals surface area contributed by atoms with E-state index in [1.807, 2.05) is 0 Å². The van der Waals surface area contributed by atoms with Gasteiger partial charge in [0.15, 0.2) is 0 Å². The molecule has 11 heteroatoms. The summed E-state index contributed by atoms with van der Waals surface area (Å²) in [6.07, 6.45) is 3.43. The summed E-state index contributed by atoms with van der Waals surface area (Å²) in [5.41, 5.74) is 6.22. The first-order chi connectivity index (χ1) is 14.1. The average Bonchev–Trinajstić information content (AvgIpc) is 2.69. The van der Waals surface area contributed by atoms with Crippen molar-refractivity contribution in [2.75, 3.05) is 36.5 Å². The van der Waals surface area contributed by atoms with Gasteiger partial charge in [0.05, 0.1) is 30.5 Å². The van der Waals surface area contributed by atoms with Crippen LogP contribution >= 0.6 is 0 Å². The predicted octanol–water partition coefficient (Wildman–Crippen LogP) is 1.26. The van der Waals surface area contributed by atoms with E-state index in [0.29, 0.717) is 31.5 Å². The van der Waals surface area contributed by atoms with Crippen LogP contribution in [0.2, 0.25) is 0 Å². The minimum absolute atomic E-state index is 0.0259. The molecule has 1 aliphatic rings. The van der Waals surface area contributed by atoms with E-state index in [9.17, 15) is 17.6 Å². The quantitative estimate of drug-likeness (QED) is 0.647. The van der Waals surface area contributed by atoms with Gasteiger partial charge < -0.3 is 15.8 Å². The number of hydrogen-bond donors (Lipinski definition) is 2. The molecular formula is C19H24FN5O4S. The third kappa shape index (κ3) is 4.36. The van der Waals surface area contributed by atoms with Crippen molar-refractivity contribution in [3.8, 4) is 5.75 Å². The molecule has 1 aliphatic heterocycles. The maximum atomic E-state index is 14.0. The third-order valence-electron chi connectivity index (χ3n) is 4.97. The molecule has 30 heavy (non-hydrogen) atoms. The first kappa shape index (κ1) is 21.9. The van der Waals surface area contributed by atoms with E-state index < -0.39 is 21.6 Å². The SMILES string of the molecule is COc1cc(C)c(F)cc1C(=O)c1cnc(N(C2CCNCC2)S(C)(=O)=O)nc1N. The van der Waals surface area contributed by atoms with Gasteiger partial charge in [-0.1, -0.05) is 0 Å². The Hall–Kier alpha value is -2.79. The maximum Gasteiger partial charge on any atom is 0.241 e. The zero-order valence-corrected chi connectivity index (χ0v) is 17.8. The fourth-order valence-corrected chi connectivity index (χ4v) is 4.57. The zero-order chi connectivity index (χ0) is 22.1. The highest BCUT2D eigenvalue weighted by Gasteiger charge is 2.31. The summed E-state index contributed by atoms with van der Waals surface area (Å²) in [7, 11) is -2.30. The number of carbonyl (C=O) groups is 1. The van der Waals surface area contributed by atoms with E-state index in [0.717, 1.165) is 22.8 Å². The van der Waals surface area contributed by atoms with Crippen molar-refractivity contribution in [1.29, 1.82) is 0 Å². The lowest BCUT2D eigenvalue weighted by atomic mass is 10.0. The van der Waals surface area contributed by atoms with Crippen molar-refractivity contribution in [2.24, 2.45) is 0 Å². The Kier molecular flexibility index (Phi) is 6.22. The van der Waals surface area contributed by atoms with E-state index in [4.69, 9.17) is 10.5 Å². The van der Waals surface area contributed by atoms with Gasteiger partial charge in [0.25, 0.3) is 0 Å². The molecule has 1 fully saturated rings. The number of sulfonamides is 1. The van der Waals surface area contributed by atoms with Crippen molar-refractivity contribution < 1.29 is 22.3 Å². The first-order valence-electron chi connectivity index (χ1n) is 9.35. The molecule has 3 N–H and O–H groups in total. The molecule has 1 aromatic carbocycles. The van der Waals surface area contributed by atoms with Gasteiger partial charge in [-0.25, -0.2) is 22.1 Å². The Balaban J connectivity index is 2.00. The Morgan fingerprint density at radius 3 is 2.53 bits per heavy atom. The van der Waals surface area contributed by atoms with Crippen molar-refractivity contribution in [1.82, 2.24) is 15.3 Å². The molecule has 0 amide bonds. The van der Waals surface area contributed by atoms with Crippen LogP contribution in [0.4, 0.5) is 16.2 Å². The third-order valence-corrected chi connectivity index (χ3v) is 6.15. The lowest BCUT2D eigenvalue weighted by molar-refractivity contribution is 0.103. The first-order valence-corrected chi connectivity index (χ1v) is 11.2. The van der Waals surface area contributed by atoms with Crippen molar-refractivity contribution in [2.45, 2.75) is 25.8 Å². The number of anilines is 2. The van der Waals surface area contributed by atoms with Gasteiger partial charge in [-0.05, 0) is 50.6 Å². The van der Waals surface area contributed by atoms with Gasteiger partial charge in [0, 0.05) is 6.20 Å². The van der Waals surface area contributed by atoms with Gasteiger partial charge in [-0.2, -0.15) is 4.98 Å². The summed E-state index contributed by atoms with van der Waals surface area (Å²) in [6, 6.07) is 2.17. The molecule has 0 bridgehead atoms. The van der Waals surface area contributed by atoms with E-state index in [1.165, 1.54) is 13.2 Å². The fraction of sp³-hybridized carbons (Fsp3) is 0.421. The molecule has 0 saturated carbocycles. The number of methoxy groups -OCH3 is 1. The molecule has 1 saturated heterocycles. The van der Waals surface area contributed by atoms with E-state index in [1.54, 1.807) is 6.92 Å². The van der Waals surface area contributed by atoms with Gasteiger partial charge in [0.2, 0.25) is 21.8 Å². The van der Waals surface area contributed by atoms with Crippen LogP contribution in [-0.4, -0.2) is 56.7 Å². The number of carbonyl (C=O) groups excluding carboxylic acids is 1. The predicted molar refractivity (Wildman–Crippen MR) is 111 cm³/mol. The van der Waals surface area contributed by atoms with Crippen molar-refractivity contribution in [3.05, 3.63) is 40.8 Å². The van der Waals surface area contributed by atoms with Crippen LogP contribution in [0, 0.1) is 12.7 Å².